The van der Waals surface area contributed by atoms with Crippen LogP contribution in [0, 0.1) is 0 Å². The maximum absolute atomic E-state index is 13.1. The van der Waals surface area contributed by atoms with Gasteiger partial charge in [-0.05, 0) is 35.4 Å². The molecular weight excluding hydrogens is 496 g/mol. The van der Waals surface area contributed by atoms with Crippen LogP contribution in [0.1, 0.15) is 5.56 Å². The number of aromatic amines is 1. The van der Waals surface area contributed by atoms with E-state index in [1.165, 1.54) is 7.11 Å². The number of rotatable bonds is 10. The van der Waals surface area contributed by atoms with Gasteiger partial charge >= 0.3 is 0 Å². The molecule has 1 N–H and O–H groups in total. The first-order chi connectivity index (χ1) is 18.3. The summed E-state index contributed by atoms with van der Waals surface area (Å²) in [6, 6.07) is 19.1. The summed E-state index contributed by atoms with van der Waals surface area (Å²) in [6.45, 7) is 8.38. The van der Waals surface area contributed by atoms with Gasteiger partial charge in [0.15, 0.2) is 5.65 Å². The van der Waals surface area contributed by atoms with Crippen LogP contribution in [0.2, 0.25) is 25.7 Å². The zero-order valence-electron chi connectivity index (χ0n) is 22.2. The van der Waals surface area contributed by atoms with Gasteiger partial charge in [0.2, 0.25) is 0 Å². The van der Waals surface area contributed by atoms with Crippen LogP contribution < -0.4 is 15.0 Å². The van der Waals surface area contributed by atoms with E-state index in [0.29, 0.717) is 36.7 Å². The molecule has 196 valence electrons. The third-order valence-corrected chi connectivity index (χ3v) is 8.04. The van der Waals surface area contributed by atoms with Gasteiger partial charge in [0.05, 0.1) is 24.2 Å². The Morgan fingerprint density at radius 2 is 1.87 bits per heavy atom. The second-order valence-electron chi connectivity index (χ2n) is 10.5. The fraction of sp³-hybridized carbons (Fsp3) is 0.276. The molecule has 2 aromatic carbocycles. The van der Waals surface area contributed by atoms with Gasteiger partial charge in [0.1, 0.15) is 19.1 Å². The lowest BCUT2D eigenvalue weighted by Crippen LogP contribution is -2.22. The Hall–Kier alpha value is -3.95. The molecule has 0 spiro atoms. The molecule has 0 amide bonds. The number of aromatic nitrogens is 4. The predicted octanol–water partition coefficient (Wildman–Crippen LogP) is 5.84. The molecule has 0 aliphatic carbocycles. The minimum atomic E-state index is -1.22. The fourth-order valence-electron chi connectivity index (χ4n) is 4.23. The highest BCUT2D eigenvalue weighted by molar-refractivity contribution is 6.76. The number of nitrogens with zero attached hydrogens (tertiary/aromatic N) is 3. The third-order valence-electron chi connectivity index (χ3n) is 6.34. The van der Waals surface area contributed by atoms with Gasteiger partial charge in [-0.1, -0.05) is 56.0 Å². The first-order valence-corrected chi connectivity index (χ1v) is 16.3. The van der Waals surface area contributed by atoms with Gasteiger partial charge in [-0.2, -0.15) is 4.98 Å². The van der Waals surface area contributed by atoms with E-state index in [1.807, 2.05) is 65.4 Å². The van der Waals surface area contributed by atoms with Gasteiger partial charge < -0.3 is 18.8 Å². The minimum Gasteiger partial charge on any atom is -0.487 e. The van der Waals surface area contributed by atoms with Crippen molar-refractivity contribution in [3.8, 4) is 22.9 Å². The average molecular weight is 529 g/mol. The van der Waals surface area contributed by atoms with E-state index >= 15 is 0 Å². The zero-order valence-corrected chi connectivity index (χ0v) is 23.2. The molecular formula is C29H32N4O4Si. The van der Waals surface area contributed by atoms with E-state index in [4.69, 9.17) is 14.2 Å². The number of methoxy groups -OCH3 is 1. The van der Waals surface area contributed by atoms with E-state index in [2.05, 4.69) is 34.6 Å². The van der Waals surface area contributed by atoms with Gasteiger partial charge in [0, 0.05) is 31.8 Å². The number of fused-ring (bicyclic) bond motifs is 2. The lowest BCUT2D eigenvalue weighted by molar-refractivity contribution is 0.0898. The van der Waals surface area contributed by atoms with Crippen LogP contribution in [-0.2, 0) is 18.1 Å². The summed E-state index contributed by atoms with van der Waals surface area (Å²) in [6.07, 6.45) is 3.65. The summed E-state index contributed by atoms with van der Waals surface area (Å²) in [5.74, 6) is 0.681. The summed E-state index contributed by atoms with van der Waals surface area (Å²) < 4.78 is 19.1. The molecule has 3 aromatic heterocycles. The van der Waals surface area contributed by atoms with Crippen LogP contribution in [-0.4, -0.2) is 41.3 Å². The molecule has 9 heteroatoms. The highest BCUT2D eigenvalue weighted by Gasteiger charge is 2.18. The second-order valence-corrected chi connectivity index (χ2v) is 16.1. The quantitative estimate of drug-likeness (QED) is 0.181. The Morgan fingerprint density at radius 3 is 2.63 bits per heavy atom. The highest BCUT2D eigenvalue weighted by Crippen LogP contribution is 2.31. The molecule has 5 aromatic rings. The number of ether oxygens (including phenoxy) is 3. The third kappa shape index (κ3) is 5.79. The summed E-state index contributed by atoms with van der Waals surface area (Å²) in [7, 11) is 0.265. The van der Waals surface area contributed by atoms with Crippen molar-refractivity contribution in [2.24, 2.45) is 0 Å². The first-order valence-electron chi connectivity index (χ1n) is 12.6. The SMILES string of the molecule is COc1nc2c(c(-c3ccc4ncc(OCc5ccccc5)cc4c3)cn2COCC[Si](C)(C)C)c(=O)[nH]1. The molecule has 5 rings (SSSR count). The molecule has 0 bridgehead atoms. The van der Waals surface area contributed by atoms with Crippen molar-refractivity contribution < 1.29 is 14.2 Å². The standard InChI is InChI=1S/C29H32N4O4Si/c1-35-29-31-27-26(28(34)32-29)24(17-33(27)19-36-12-13-38(2,3)4)21-10-11-25-22(14-21)15-23(16-30-25)37-18-20-8-6-5-7-9-20/h5-11,14-17H,12-13,18-19H2,1-4H3,(H,31,32,34). The summed E-state index contributed by atoms with van der Waals surface area (Å²) in [5, 5.41) is 1.40. The molecule has 0 unspecified atom stereocenters. The van der Waals surface area contributed by atoms with Crippen molar-refractivity contribution >= 4 is 30.0 Å². The highest BCUT2D eigenvalue weighted by atomic mass is 28.3. The van der Waals surface area contributed by atoms with Crippen molar-refractivity contribution in [1.82, 2.24) is 19.5 Å². The molecule has 0 aliphatic rings. The van der Waals surface area contributed by atoms with E-state index < -0.39 is 8.07 Å². The molecule has 3 heterocycles. The lowest BCUT2D eigenvalue weighted by Gasteiger charge is -2.15. The number of hydrogen-bond acceptors (Lipinski definition) is 6. The number of hydrogen-bond donors (Lipinski definition) is 1. The zero-order chi connectivity index (χ0) is 26.7. The van der Waals surface area contributed by atoms with E-state index in [0.717, 1.165) is 33.6 Å². The number of H-pyrrole nitrogens is 1. The Kier molecular flexibility index (Phi) is 7.30. The molecule has 8 nitrogen and oxygen atoms in total. The maximum Gasteiger partial charge on any atom is 0.298 e. The van der Waals surface area contributed by atoms with Gasteiger partial charge in [0.25, 0.3) is 11.6 Å². The molecule has 38 heavy (non-hydrogen) atoms. The Bertz CT molecular complexity index is 1620. The van der Waals surface area contributed by atoms with E-state index in [9.17, 15) is 4.79 Å². The van der Waals surface area contributed by atoms with Crippen molar-refractivity contribution in [3.05, 3.63) is 82.9 Å². The largest absolute Gasteiger partial charge is 0.487 e. The number of benzene rings is 2. The minimum absolute atomic E-state index is 0.165. The van der Waals surface area contributed by atoms with Crippen molar-refractivity contribution in [3.63, 3.8) is 0 Å². The van der Waals surface area contributed by atoms with Crippen LogP contribution in [0.3, 0.4) is 0 Å². The van der Waals surface area contributed by atoms with Gasteiger partial charge in [-0.25, -0.2) is 0 Å². The van der Waals surface area contributed by atoms with Crippen molar-refractivity contribution in [1.29, 1.82) is 0 Å². The van der Waals surface area contributed by atoms with Gasteiger partial charge in [-0.3, -0.25) is 14.8 Å². The molecule has 0 atom stereocenters. The monoisotopic (exact) mass is 528 g/mol. The molecule has 0 saturated carbocycles. The van der Waals surface area contributed by atoms with Crippen LogP contribution in [0.5, 0.6) is 11.8 Å². The fourth-order valence-corrected chi connectivity index (χ4v) is 4.98. The normalized spacial score (nSPS) is 11.8. The summed E-state index contributed by atoms with van der Waals surface area (Å²) in [5.41, 5.74) is 3.83. The van der Waals surface area contributed by atoms with Crippen LogP contribution >= 0.6 is 0 Å². The molecule has 0 saturated heterocycles. The first kappa shape index (κ1) is 25.7. The lowest BCUT2D eigenvalue weighted by atomic mass is 10.0. The summed E-state index contributed by atoms with van der Waals surface area (Å²) in [4.78, 5) is 24.9. The molecule has 0 radical (unpaired) electrons. The maximum atomic E-state index is 13.1. The summed E-state index contributed by atoms with van der Waals surface area (Å²) >= 11 is 0. The van der Waals surface area contributed by atoms with Crippen LogP contribution in [0.25, 0.3) is 33.1 Å². The Labute approximate surface area is 222 Å². The van der Waals surface area contributed by atoms with Crippen molar-refractivity contribution in [2.75, 3.05) is 13.7 Å². The van der Waals surface area contributed by atoms with Crippen molar-refractivity contribution in [2.45, 2.75) is 39.0 Å². The van der Waals surface area contributed by atoms with Crippen LogP contribution in [0.15, 0.2) is 71.8 Å². The molecule has 0 aliphatic heterocycles. The van der Waals surface area contributed by atoms with E-state index in [-0.39, 0.29) is 11.6 Å². The Morgan fingerprint density at radius 1 is 1.05 bits per heavy atom. The number of pyridine rings is 1. The number of nitrogens with one attached hydrogen (secondary N) is 1. The average Bonchev–Trinajstić information content (AvgIpc) is 3.28. The van der Waals surface area contributed by atoms with E-state index in [1.54, 1.807) is 6.20 Å². The second kappa shape index (κ2) is 10.8. The van der Waals surface area contributed by atoms with Gasteiger partial charge in [-0.15, -0.1) is 0 Å². The molecule has 0 fully saturated rings. The van der Waals surface area contributed by atoms with Crippen LogP contribution in [0.4, 0.5) is 0 Å². The predicted molar refractivity (Wildman–Crippen MR) is 153 cm³/mol. The Balaban J connectivity index is 1.48. The smallest absolute Gasteiger partial charge is 0.298 e. The topological polar surface area (TPSA) is 91.3 Å².